The molecule has 0 heterocycles. The topological polar surface area (TPSA) is 0 Å². The molecule has 0 N–H and O–H groups in total. The highest BCUT2D eigenvalue weighted by molar-refractivity contribution is 5.49. The first-order valence-electron chi connectivity index (χ1n) is 9.00. The number of rotatable bonds is 11. The van der Waals surface area contributed by atoms with Crippen LogP contribution in [0.4, 0.5) is 0 Å². The predicted octanol–water partition coefficient (Wildman–Crippen LogP) is 7.26. The summed E-state index contributed by atoms with van der Waals surface area (Å²) in [5.41, 5.74) is 1.77. The fourth-order valence-electron chi connectivity index (χ4n) is 3.05. The van der Waals surface area contributed by atoms with E-state index in [1.165, 1.54) is 63.4 Å². The Labute approximate surface area is 132 Å². The van der Waals surface area contributed by atoms with Crippen molar-refractivity contribution in [2.24, 2.45) is 5.41 Å². The van der Waals surface area contributed by atoms with Crippen LogP contribution in [0.15, 0.2) is 36.4 Å². The molecule has 0 fully saturated rings. The molecule has 21 heavy (non-hydrogen) atoms. The van der Waals surface area contributed by atoms with Crippen molar-refractivity contribution in [2.75, 3.05) is 0 Å². The molecule has 0 atom stereocenters. The first-order valence-corrected chi connectivity index (χ1v) is 9.00. The zero-order valence-corrected chi connectivity index (χ0v) is 14.4. The van der Waals surface area contributed by atoms with Crippen molar-refractivity contribution in [3.63, 3.8) is 0 Å². The van der Waals surface area contributed by atoms with Crippen LogP contribution in [-0.4, -0.2) is 0 Å². The monoisotopic (exact) mass is 286 g/mol. The maximum atomic E-state index is 2.54. The summed E-state index contributed by atoms with van der Waals surface area (Å²) in [6, 6.07) is 10.8. The van der Waals surface area contributed by atoms with Crippen LogP contribution in [-0.2, 0) is 0 Å². The molecule has 0 aliphatic carbocycles. The van der Waals surface area contributed by atoms with Crippen molar-refractivity contribution in [2.45, 2.75) is 78.6 Å². The van der Waals surface area contributed by atoms with Gasteiger partial charge in [0.25, 0.3) is 0 Å². The summed E-state index contributed by atoms with van der Waals surface area (Å²) in [5.74, 6) is 0. The molecule has 1 rings (SSSR count). The van der Waals surface area contributed by atoms with E-state index in [0.29, 0.717) is 5.41 Å². The molecule has 0 saturated carbocycles. The molecule has 0 aliphatic rings. The molecule has 0 heteroatoms. The molecule has 0 radical (unpaired) electrons. The van der Waals surface area contributed by atoms with Gasteiger partial charge in [-0.15, -0.1) is 0 Å². The molecule has 0 bridgehead atoms. The first kappa shape index (κ1) is 18.0. The average molecular weight is 287 g/mol. The molecular weight excluding hydrogens is 252 g/mol. The average Bonchev–Trinajstić information content (AvgIpc) is 2.54. The summed E-state index contributed by atoms with van der Waals surface area (Å²) in [6.45, 7) is 6.93. The molecule has 0 amide bonds. The van der Waals surface area contributed by atoms with Crippen LogP contribution < -0.4 is 0 Å². The highest BCUT2D eigenvalue weighted by Gasteiger charge is 2.25. The predicted molar refractivity (Wildman–Crippen MR) is 96.5 cm³/mol. The SMILES string of the molecule is CCCCC(C=Cc1ccccc1)(CCCC)CCCC. The lowest BCUT2D eigenvalue weighted by Crippen LogP contribution is -2.18. The standard InChI is InChI=1S/C21H34/c1-4-7-16-21(17-8-5-2,18-9-6-3)19-15-20-13-11-10-12-14-20/h10-15,19H,4-9,16-18H2,1-3H3. The molecule has 118 valence electrons. The molecule has 0 unspecified atom stereocenters. The van der Waals surface area contributed by atoms with Crippen molar-refractivity contribution < 1.29 is 0 Å². The normalized spacial score (nSPS) is 12.1. The van der Waals surface area contributed by atoms with Crippen LogP contribution in [0, 0.1) is 5.41 Å². The van der Waals surface area contributed by atoms with Gasteiger partial charge in [0.1, 0.15) is 0 Å². The van der Waals surface area contributed by atoms with Gasteiger partial charge in [-0.05, 0) is 30.2 Å². The zero-order valence-electron chi connectivity index (χ0n) is 14.4. The summed E-state index contributed by atoms with van der Waals surface area (Å²) in [6.07, 6.45) is 16.9. The van der Waals surface area contributed by atoms with Crippen LogP contribution in [0.3, 0.4) is 0 Å². The van der Waals surface area contributed by atoms with Gasteiger partial charge >= 0.3 is 0 Å². The lowest BCUT2D eigenvalue weighted by atomic mass is 9.74. The van der Waals surface area contributed by atoms with Gasteiger partial charge in [0.05, 0.1) is 0 Å². The number of hydrogen-bond acceptors (Lipinski definition) is 0. The molecule has 0 saturated heterocycles. The van der Waals surface area contributed by atoms with Gasteiger partial charge in [-0.2, -0.15) is 0 Å². The van der Waals surface area contributed by atoms with E-state index < -0.39 is 0 Å². The highest BCUT2D eigenvalue weighted by Crippen LogP contribution is 2.38. The minimum absolute atomic E-state index is 0.428. The van der Waals surface area contributed by atoms with Gasteiger partial charge in [-0.1, -0.05) is 102 Å². The molecule has 1 aromatic rings. The molecular formula is C21H34. The van der Waals surface area contributed by atoms with Gasteiger partial charge in [-0.3, -0.25) is 0 Å². The zero-order chi connectivity index (χ0) is 15.4. The van der Waals surface area contributed by atoms with Gasteiger partial charge in [0, 0.05) is 0 Å². The van der Waals surface area contributed by atoms with Crippen LogP contribution in [0.5, 0.6) is 0 Å². The second kappa shape index (κ2) is 10.7. The maximum absolute atomic E-state index is 2.54. The summed E-state index contributed by atoms with van der Waals surface area (Å²) in [5, 5.41) is 0. The van der Waals surface area contributed by atoms with Gasteiger partial charge in [0.15, 0.2) is 0 Å². The first-order chi connectivity index (χ1) is 10.3. The Morgan fingerprint density at radius 3 is 1.67 bits per heavy atom. The lowest BCUT2D eigenvalue weighted by molar-refractivity contribution is 0.274. The van der Waals surface area contributed by atoms with E-state index >= 15 is 0 Å². The van der Waals surface area contributed by atoms with E-state index in [0.717, 1.165) is 0 Å². The van der Waals surface area contributed by atoms with Gasteiger partial charge < -0.3 is 0 Å². The van der Waals surface area contributed by atoms with Crippen molar-refractivity contribution in [1.82, 2.24) is 0 Å². The lowest BCUT2D eigenvalue weighted by Gasteiger charge is -2.31. The van der Waals surface area contributed by atoms with E-state index in [2.05, 4.69) is 63.3 Å². The van der Waals surface area contributed by atoms with Crippen LogP contribution >= 0.6 is 0 Å². The third-order valence-electron chi connectivity index (χ3n) is 4.51. The molecule has 0 aliphatic heterocycles. The maximum Gasteiger partial charge on any atom is -0.0115 e. The molecule has 0 spiro atoms. The Morgan fingerprint density at radius 2 is 1.24 bits per heavy atom. The Kier molecular flexibility index (Phi) is 9.14. The Hall–Kier alpha value is -1.04. The second-order valence-corrected chi connectivity index (χ2v) is 6.42. The Bertz CT molecular complexity index is 353. The van der Waals surface area contributed by atoms with Crippen molar-refractivity contribution in [3.05, 3.63) is 42.0 Å². The van der Waals surface area contributed by atoms with Crippen LogP contribution in [0.2, 0.25) is 0 Å². The molecule has 0 aromatic heterocycles. The summed E-state index contributed by atoms with van der Waals surface area (Å²) in [7, 11) is 0. The fourth-order valence-corrected chi connectivity index (χ4v) is 3.05. The molecule has 0 nitrogen and oxygen atoms in total. The smallest absolute Gasteiger partial charge is 0.0115 e. The summed E-state index contributed by atoms with van der Waals surface area (Å²) >= 11 is 0. The Balaban J connectivity index is 2.86. The van der Waals surface area contributed by atoms with Crippen molar-refractivity contribution >= 4 is 6.08 Å². The van der Waals surface area contributed by atoms with E-state index in [1.807, 2.05) is 0 Å². The quantitative estimate of drug-likeness (QED) is 0.401. The fraction of sp³-hybridized carbons (Fsp3) is 0.619. The third kappa shape index (κ3) is 6.98. The minimum atomic E-state index is 0.428. The second-order valence-electron chi connectivity index (χ2n) is 6.42. The van der Waals surface area contributed by atoms with Gasteiger partial charge in [0.2, 0.25) is 0 Å². The minimum Gasteiger partial charge on any atom is -0.0777 e. The van der Waals surface area contributed by atoms with Crippen molar-refractivity contribution in [1.29, 1.82) is 0 Å². The molecule has 1 aromatic carbocycles. The summed E-state index contributed by atoms with van der Waals surface area (Å²) in [4.78, 5) is 0. The number of allylic oxidation sites excluding steroid dienone is 1. The van der Waals surface area contributed by atoms with Gasteiger partial charge in [-0.25, -0.2) is 0 Å². The van der Waals surface area contributed by atoms with Crippen LogP contribution in [0.25, 0.3) is 6.08 Å². The van der Waals surface area contributed by atoms with Crippen molar-refractivity contribution in [3.8, 4) is 0 Å². The third-order valence-corrected chi connectivity index (χ3v) is 4.51. The van der Waals surface area contributed by atoms with E-state index in [4.69, 9.17) is 0 Å². The Morgan fingerprint density at radius 1 is 0.762 bits per heavy atom. The van der Waals surface area contributed by atoms with E-state index in [9.17, 15) is 0 Å². The number of benzene rings is 1. The van der Waals surface area contributed by atoms with E-state index in [-0.39, 0.29) is 0 Å². The summed E-state index contributed by atoms with van der Waals surface area (Å²) < 4.78 is 0. The number of unbranched alkanes of at least 4 members (excludes halogenated alkanes) is 3. The van der Waals surface area contributed by atoms with Crippen LogP contribution in [0.1, 0.15) is 84.1 Å². The highest BCUT2D eigenvalue weighted by atomic mass is 14.3. The largest absolute Gasteiger partial charge is 0.0777 e. The number of hydrogen-bond donors (Lipinski definition) is 0. The van der Waals surface area contributed by atoms with E-state index in [1.54, 1.807) is 0 Å².